The van der Waals surface area contributed by atoms with E-state index < -0.39 is 11.4 Å². The maximum Gasteiger partial charge on any atom is 0.410 e. The third-order valence-electron chi connectivity index (χ3n) is 6.45. The Labute approximate surface area is 260 Å². The number of rotatable bonds is 9. The van der Waals surface area contributed by atoms with Crippen molar-refractivity contribution >= 4 is 46.5 Å². The summed E-state index contributed by atoms with van der Waals surface area (Å²) in [4.78, 5) is 31.2. The number of methoxy groups -OCH3 is 1. The Bertz CT molecular complexity index is 1400. The summed E-state index contributed by atoms with van der Waals surface area (Å²) in [5, 5.41) is 9.06. The number of thiocarbonyl (C=S) groups is 1. The van der Waals surface area contributed by atoms with Crippen LogP contribution in [0.4, 0.5) is 14.9 Å². The lowest BCUT2D eigenvalue weighted by Crippen LogP contribution is -2.49. The molecule has 1 fully saturated rings. The smallest absolute Gasteiger partial charge is 0.410 e. The summed E-state index contributed by atoms with van der Waals surface area (Å²) in [5.41, 5.74) is 1.22. The van der Waals surface area contributed by atoms with E-state index >= 15 is 0 Å². The predicted octanol–water partition coefficient (Wildman–Crippen LogP) is 4.20. The predicted molar refractivity (Wildman–Crippen MR) is 163 cm³/mol. The fourth-order valence-electron chi connectivity index (χ4n) is 4.50. The van der Waals surface area contributed by atoms with Gasteiger partial charge in [0.25, 0.3) is 5.91 Å². The molecule has 4 rings (SSSR count). The minimum absolute atomic E-state index is 0.0645. The molecule has 3 N–H and O–H groups in total. The lowest BCUT2D eigenvalue weighted by Gasteiger charge is -2.34. The highest BCUT2D eigenvalue weighted by atomic mass is 35.5. The van der Waals surface area contributed by atoms with Crippen molar-refractivity contribution in [2.75, 3.05) is 45.3 Å². The zero-order valence-electron chi connectivity index (χ0n) is 24.4. The SMILES string of the molecule is COc1c(Cl)cc(F)cc1NC(=S)C1=C(NCc2ccncc2OC[C@@H]2CN(C(=O)OC(C)(C)C)CCO2)CCNC1=O. The van der Waals surface area contributed by atoms with E-state index in [-0.39, 0.29) is 51.7 Å². The minimum Gasteiger partial charge on any atom is -0.493 e. The first kappa shape index (κ1) is 32.2. The van der Waals surface area contributed by atoms with E-state index in [2.05, 4.69) is 20.9 Å². The van der Waals surface area contributed by atoms with E-state index in [4.69, 9.17) is 42.8 Å². The topological polar surface area (TPSA) is 123 Å². The van der Waals surface area contributed by atoms with Crippen LogP contribution in [0.15, 0.2) is 41.9 Å². The number of amides is 2. The number of anilines is 1. The summed E-state index contributed by atoms with van der Waals surface area (Å²) < 4.78 is 36.7. The second-order valence-corrected chi connectivity index (χ2v) is 11.7. The first-order chi connectivity index (χ1) is 20.4. The molecule has 2 amide bonds. The van der Waals surface area contributed by atoms with Gasteiger partial charge in [0.1, 0.15) is 34.9 Å². The van der Waals surface area contributed by atoms with Gasteiger partial charge in [0.15, 0.2) is 5.75 Å². The fourth-order valence-corrected chi connectivity index (χ4v) is 5.10. The second-order valence-electron chi connectivity index (χ2n) is 10.8. The number of nitrogens with zero attached hydrogens (tertiary/aromatic N) is 2. The Morgan fingerprint density at radius 1 is 1.35 bits per heavy atom. The van der Waals surface area contributed by atoms with Crippen LogP contribution < -0.4 is 25.4 Å². The molecule has 0 spiro atoms. The normalized spacial score (nSPS) is 17.2. The number of benzene rings is 1. The quantitative estimate of drug-likeness (QED) is 0.346. The van der Waals surface area contributed by atoms with E-state index in [9.17, 15) is 14.0 Å². The van der Waals surface area contributed by atoms with Gasteiger partial charge in [0.05, 0.1) is 42.7 Å². The maximum atomic E-state index is 14.1. The van der Waals surface area contributed by atoms with Gasteiger partial charge in [-0.2, -0.15) is 0 Å². The number of hydrogen-bond acceptors (Lipinski definition) is 9. The molecule has 232 valence electrons. The highest BCUT2D eigenvalue weighted by Crippen LogP contribution is 2.34. The van der Waals surface area contributed by atoms with Gasteiger partial charge in [0, 0.05) is 49.6 Å². The Kier molecular flexibility index (Phi) is 10.6. The second kappa shape index (κ2) is 14.2. The van der Waals surface area contributed by atoms with Crippen molar-refractivity contribution < 1.29 is 32.9 Å². The van der Waals surface area contributed by atoms with E-state index in [1.165, 1.54) is 13.2 Å². The van der Waals surface area contributed by atoms with Crippen molar-refractivity contribution in [2.24, 2.45) is 0 Å². The van der Waals surface area contributed by atoms with Crippen molar-refractivity contribution in [3.8, 4) is 11.5 Å². The average molecular weight is 636 g/mol. The van der Waals surface area contributed by atoms with Crippen LogP contribution in [0.5, 0.6) is 11.5 Å². The molecule has 0 saturated carbocycles. The first-order valence-corrected chi connectivity index (χ1v) is 14.5. The zero-order valence-corrected chi connectivity index (χ0v) is 26.0. The number of morpholine rings is 1. The van der Waals surface area contributed by atoms with E-state index in [0.717, 1.165) is 11.6 Å². The fraction of sp³-hybridized carbons (Fsp3) is 0.448. The molecule has 0 radical (unpaired) electrons. The molecule has 1 aromatic carbocycles. The maximum absolute atomic E-state index is 14.1. The molecule has 1 atom stereocenters. The van der Waals surface area contributed by atoms with Crippen LogP contribution in [-0.2, 0) is 20.8 Å². The van der Waals surface area contributed by atoms with Crippen molar-refractivity contribution in [2.45, 2.75) is 45.4 Å². The number of ether oxygens (including phenoxy) is 4. The molecule has 2 aromatic rings. The third kappa shape index (κ3) is 8.68. The van der Waals surface area contributed by atoms with Gasteiger partial charge in [-0.1, -0.05) is 23.8 Å². The third-order valence-corrected chi connectivity index (χ3v) is 7.04. The highest BCUT2D eigenvalue weighted by Gasteiger charge is 2.29. The van der Waals surface area contributed by atoms with Gasteiger partial charge in [-0.15, -0.1) is 0 Å². The van der Waals surface area contributed by atoms with Gasteiger partial charge in [-0.25, -0.2) is 9.18 Å². The molecule has 0 bridgehead atoms. The standard InChI is InChI=1S/C29H35ClFN5O6S/c1-29(2,3)42-28(38)36-9-10-40-19(15-36)16-41-23-14-32-7-5-17(23)13-34-21-6-8-33-26(37)24(21)27(43)35-22-12-18(31)11-20(30)25(22)39-4/h5,7,11-12,14,19,34H,6,8-10,13,15-16H2,1-4H3,(H,33,37)(H,35,43)/t19-/m0/s1. The molecule has 0 unspecified atom stereocenters. The number of aromatic nitrogens is 1. The molecule has 0 aliphatic carbocycles. The van der Waals surface area contributed by atoms with Crippen molar-refractivity contribution in [1.82, 2.24) is 20.5 Å². The number of carbonyl (C=O) groups is 2. The number of nitrogens with one attached hydrogen (secondary N) is 3. The van der Waals surface area contributed by atoms with Gasteiger partial charge >= 0.3 is 6.09 Å². The van der Waals surface area contributed by atoms with Crippen molar-refractivity contribution in [3.63, 3.8) is 0 Å². The number of pyridine rings is 1. The Hall–Kier alpha value is -3.68. The van der Waals surface area contributed by atoms with E-state index in [1.807, 2.05) is 20.8 Å². The summed E-state index contributed by atoms with van der Waals surface area (Å²) in [6.45, 7) is 7.52. The molecule has 14 heteroatoms. The summed E-state index contributed by atoms with van der Waals surface area (Å²) in [7, 11) is 1.40. The van der Waals surface area contributed by atoms with Crippen LogP contribution >= 0.6 is 23.8 Å². The van der Waals surface area contributed by atoms with Crippen LogP contribution in [0.3, 0.4) is 0 Å². The molecule has 1 saturated heterocycles. The molecular formula is C29H35ClFN5O6S. The van der Waals surface area contributed by atoms with Gasteiger partial charge in [0.2, 0.25) is 0 Å². The monoisotopic (exact) mass is 635 g/mol. The Balaban J connectivity index is 1.43. The minimum atomic E-state index is -0.590. The lowest BCUT2D eigenvalue weighted by atomic mass is 10.1. The van der Waals surface area contributed by atoms with Crippen molar-refractivity contribution in [1.29, 1.82) is 0 Å². The molecule has 2 aliphatic heterocycles. The highest BCUT2D eigenvalue weighted by molar-refractivity contribution is 7.81. The molecule has 3 heterocycles. The van der Waals surface area contributed by atoms with Gasteiger partial charge in [-0.3, -0.25) is 9.78 Å². The molecule has 11 nitrogen and oxygen atoms in total. The van der Waals surface area contributed by atoms with Crippen LogP contribution in [0.2, 0.25) is 5.02 Å². The number of halogens is 2. The summed E-state index contributed by atoms with van der Waals surface area (Å²) in [6, 6.07) is 4.12. The largest absolute Gasteiger partial charge is 0.493 e. The number of hydrogen-bond donors (Lipinski definition) is 3. The summed E-state index contributed by atoms with van der Waals surface area (Å²) in [5.74, 6) is -0.234. The van der Waals surface area contributed by atoms with Crippen LogP contribution in [0, 0.1) is 5.82 Å². The van der Waals surface area contributed by atoms with Gasteiger partial charge < -0.3 is 39.8 Å². The van der Waals surface area contributed by atoms with E-state index in [1.54, 1.807) is 23.4 Å². The van der Waals surface area contributed by atoms with Crippen molar-refractivity contribution in [3.05, 3.63) is 58.3 Å². The van der Waals surface area contributed by atoms with Crippen LogP contribution in [-0.4, -0.2) is 78.5 Å². The molecule has 2 aliphatic rings. The molecule has 43 heavy (non-hydrogen) atoms. The Morgan fingerprint density at radius 2 is 2.14 bits per heavy atom. The van der Waals surface area contributed by atoms with Crippen LogP contribution in [0.25, 0.3) is 0 Å². The first-order valence-electron chi connectivity index (χ1n) is 13.7. The lowest BCUT2D eigenvalue weighted by molar-refractivity contribution is -0.117. The molecular weight excluding hydrogens is 601 g/mol. The van der Waals surface area contributed by atoms with Gasteiger partial charge in [-0.05, 0) is 32.9 Å². The summed E-state index contributed by atoms with van der Waals surface area (Å²) >= 11 is 11.7. The van der Waals surface area contributed by atoms with E-state index in [0.29, 0.717) is 50.7 Å². The average Bonchev–Trinajstić information content (AvgIpc) is 2.94. The summed E-state index contributed by atoms with van der Waals surface area (Å²) in [6.07, 6.45) is 2.98. The number of carbonyl (C=O) groups excluding carboxylic acids is 2. The molecule has 1 aromatic heterocycles. The Morgan fingerprint density at radius 3 is 2.88 bits per heavy atom. The van der Waals surface area contributed by atoms with Crippen LogP contribution in [0.1, 0.15) is 32.8 Å². The zero-order chi connectivity index (χ0) is 31.1.